The van der Waals surface area contributed by atoms with Gasteiger partial charge in [-0.15, -0.1) is 0 Å². The summed E-state index contributed by atoms with van der Waals surface area (Å²) in [4.78, 5) is 0. The van der Waals surface area contributed by atoms with Crippen molar-refractivity contribution in [2.24, 2.45) is 0 Å². The van der Waals surface area contributed by atoms with Crippen molar-refractivity contribution in [3.63, 3.8) is 0 Å². The number of hydrogen-bond acceptors (Lipinski definition) is 6. The van der Waals surface area contributed by atoms with Gasteiger partial charge in [0.15, 0.2) is 5.25 Å². The smallest absolute Gasteiger partial charge is 0.228 e. The van der Waals surface area contributed by atoms with Gasteiger partial charge in [0.1, 0.15) is 5.54 Å². The number of sulfonamides is 1. The Morgan fingerprint density at radius 2 is 1.73 bits per heavy atom. The predicted octanol–water partition coefficient (Wildman–Crippen LogP) is -2.47. The summed E-state index contributed by atoms with van der Waals surface area (Å²) >= 11 is 0. The Hall–Kier alpha value is -0.720. The van der Waals surface area contributed by atoms with E-state index in [9.17, 15) is 8.42 Å². The fourth-order valence-electron chi connectivity index (χ4n) is 0.706. The van der Waals surface area contributed by atoms with Crippen LogP contribution in [0.25, 0.3) is 0 Å². The normalized spacial score (nSPS) is 14.6. The van der Waals surface area contributed by atoms with Crippen LogP contribution in [0.5, 0.6) is 0 Å². The summed E-state index contributed by atoms with van der Waals surface area (Å²) in [6.07, 6.45) is 0. The minimum Gasteiger partial charge on any atom is -0.394 e. The van der Waals surface area contributed by atoms with Crippen LogP contribution < -0.4 is 4.72 Å². The van der Waals surface area contributed by atoms with Gasteiger partial charge in [-0.2, -0.15) is 5.26 Å². The van der Waals surface area contributed by atoms with Gasteiger partial charge in [0, 0.05) is 0 Å². The zero-order valence-corrected chi connectivity index (χ0v) is 9.03. The van der Waals surface area contributed by atoms with Crippen molar-refractivity contribution in [1.82, 2.24) is 4.72 Å². The summed E-state index contributed by atoms with van der Waals surface area (Å²) in [6, 6.07) is 1.50. The molecular formula is C7H14N2O5S. The summed E-state index contributed by atoms with van der Waals surface area (Å²) in [7, 11) is -4.00. The van der Waals surface area contributed by atoms with Crippen LogP contribution in [-0.2, 0) is 10.0 Å². The molecule has 0 spiro atoms. The Morgan fingerprint density at radius 1 is 1.33 bits per heavy atom. The van der Waals surface area contributed by atoms with E-state index in [0.29, 0.717) is 0 Å². The molecular weight excluding hydrogens is 224 g/mol. The molecule has 0 aromatic heterocycles. The maximum Gasteiger partial charge on any atom is 0.228 e. The lowest BCUT2D eigenvalue weighted by atomic mass is 10.1. The molecule has 0 aliphatic carbocycles. The van der Waals surface area contributed by atoms with Crippen molar-refractivity contribution < 1.29 is 23.7 Å². The molecule has 7 nitrogen and oxygen atoms in total. The van der Waals surface area contributed by atoms with E-state index in [2.05, 4.69) is 0 Å². The maximum absolute atomic E-state index is 11.4. The van der Waals surface area contributed by atoms with E-state index in [1.165, 1.54) is 6.07 Å². The van der Waals surface area contributed by atoms with Crippen LogP contribution in [0.3, 0.4) is 0 Å². The van der Waals surface area contributed by atoms with Crippen LogP contribution in [0.1, 0.15) is 6.92 Å². The highest BCUT2D eigenvalue weighted by molar-refractivity contribution is 7.90. The third-order valence-corrected chi connectivity index (χ3v) is 3.67. The first-order valence-corrected chi connectivity index (χ1v) is 5.67. The van der Waals surface area contributed by atoms with Crippen LogP contribution in [-0.4, -0.2) is 54.3 Å². The standard InChI is InChI=1S/C7H14N2O5S/c1-6(2-8)15(13,14)9-7(3-10,4-11)5-12/h6,9-12H,3-5H2,1H3. The Morgan fingerprint density at radius 3 is 2.00 bits per heavy atom. The summed E-state index contributed by atoms with van der Waals surface area (Å²) in [6.45, 7) is -1.15. The fraction of sp³-hybridized carbons (Fsp3) is 0.857. The van der Waals surface area contributed by atoms with Crippen LogP contribution in [0.15, 0.2) is 0 Å². The lowest BCUT2D eigenvalue weighted by molar-refractivity contribution is 0.0581. The maximum atomic E-state index is 11.4. The summed E-state index contributed by atoms with van der Waals surface area (Å²) in [5, 5.41) is 33.7. The van der Waals surface area contributed by atoms with Gasteiger partial charge in [-0.3, -0.25) is 0 Å². The zero-order chi connectivity index (χ0) is 12.1. The number of rotatable bonds is 6. The van der Waals surface area contributed by atoms with Crippen molar-refractivity contribution in [2.75, 3.05) is 19.8 Å². The number of aliphatic hydroxyl groups excluding tert-OH is 3. The molecule has 0 bridgehead atoms. The average molecular weight is 238 g/mol. The first-order chi connectivity index (χ1) is 6.87. The highest BCUT2D eigenvalue weighted by atomic mass is 32.2. The highest BCUT2D eigenvalue weighted by Crippen LogP contribution is 2.07. The molecule has 0 aromatic carbocycles. The van der Waals surface area contributed by atoms with Crippen molar-refractivity contribution >= 4 is 10.0 Å². The van der Waals surface area contributed by atoms with Gasteiger partial charge in [-0.25, -0.2) is 13.1 Å². The lowest BCUT2D eigenvalue weighted by Gasteiger charge is -2.28. The molecule has 0 rings (SSSR count). The quantitative estimate of drug-likeness (QED) is 0.406. The largest absolute Gasteiger partial charge is 0.394 e. The molecule has 0 aliphatic rings. The van der Waals surface area contributed by atoms with Crippen LogP contribution >= 0.6 is 0 Å². The second kappa shape index (κ2) is 5.39. The van der Waals surface area contributed by atoms with E-state index in [4.69, 9.17) is 20.6 Å². The molecule has 0 aromatic rings. The number of nitrogens with one attached hydrogen (secondary N) is 1. The third kappa shape index (κ3) is 3.40. The molecule has 0 radical (unpaired) electrons. The number of nitriles is 1. The molecule has 15 heavy (non-hydrogen) atoms. The first kappa shape index (κ1) is 14.3. The Balaban J connectivity index is 4.92. The molecule has 0 fully saturated rings. The van der Waals surface area contributed by atoms with Gasteiger partial charge in [0.25, 0.3) is 0 Å². The minimum absolute atomic E-state index is 0.766. The second-order valence-corrected chi connectivity index (χ2v) is 5.17. The van der Waals surface area contributed by atoms with Crippen molar-refractivity contribution in [2.45, 2.75) is 17.7 Å². The van der Waals surface area contributed by atoms with Crippen LogP contribution in [0.2, 0.25) is 0 Å². The van der Waals surface area contributed by atoms with Gasteiger partial charge >= 0.3 is 0 Å². The fourth-order valence-corrected chi connectivity index (χ4v) is 1.82. The lowest BCUT2D eigenvalue weighted by Crippen LogP contribution is -2.58. The van der Waals surface area contributed by atoms with Crippen LogP contribution in [0.4, 0.5) is 0 Å². The third-order valence-electron chi connectivity index (χ3n) is 1.91. The van der Waals surface area contributed by atoms with Gasteiger partial charge in [0.05, 0.1) is 25.9 Å². The molecule has 4 N–H and O–H groups in total. The first-order valence-electron chi connectivity index (χ1n) is 4.12. The minimum atomic E-state index is -4.00. The average Bonchev–Trinajstić information content (AvgIpc) is 2.24. The molecule has 0 heterocycles. The molecule has 0 aliphatic heterocycles. The molecule has 88 valence electrons. The van der Waals surface area contributed by atoms with Crippen molar-refractivity contribution in [3.05, 3.63) is 0 Å². The SMILES string of the molecule is CC(C#N)S(=O)(=O)NC(CO)(CO)CO. The Labute approximate surface area is 88.0 Å². The number of nitrogens with zero attached hydrogens (tertiary/aromatic N) is 1. The van der Waals surface area contributed by atoms with Gasteiger partial charge in [0.2, 0.25) is 10.0 Å². The molecule has 0 amide bonds. The van der Waals surface area contributed by atoms with Crippen molar-refractivity contribution in [1.29, 1.82) is 5.26 Å². The van der Waals surface area contributed by atoms with Crippen molar-refractivity contribution in [3.8, 4) is 6.07 Å². The highest BCUT2D eigenvalue weighted by Gasteiger charge is 2.35. The van der Waals surface area contributed by atoms with E-state index in [1.54, 1.807) is 0 Å². The molecule has 0 saturated carbocycles. The van der Waals surface area contributed by atoms with Gasteiger partial charge < -0.3 is 15.3 Å². The van der Waals surface area contributed by atoms with E-state index in [1.807, 2.05) is 4.72 Å². The zero-order valence-electron chi connectivity index (χ0n) is 8.21. The monoisotopic (exact) mass is 238 g/mol. The molecule has 1 unspecified atom stereocenters. The number of hydrogen-bond donors (Lipinski definition) is 4. The second-order valence-electron chi connectivity index (χ2n) is 3.17. The van der Waals surface area contributed by atoms with E-state index < -0.39 is 40.6 Å². The topological polar surface area (TPSA) is 131 Å². The summed E-state index contributed by atoms with van der Waals surface area (Å²) in [5.74, 6) is 0. The summed E-state index contributed by atoms with van der Waals surface area (Å²) < 4.78 is 24.7. The van der Waals surface area contributed by atoms with Crippen LogP contribution in [0, 0.1) is 11.3 Å². The Bertz CT molecular complexity index is 322. The van der Waals surface area contributed by atoms with E-state index in [0.717, 1.165) is 6.92 Å². The van der Waals surface area contributed by atoms with Gasteiger partial charge in [-0.1, -0.05) is 0 Å². The molecule has 8 heteroatoms. The van der Waals surface area contributed by atoms with Gasteiger partial charge in [-0.05, 0) is 6.92 Å². The molecule has 1 atom stereocenters. The molecule has 0 saturated heterocycles. The Kier molecular flexibility index (Phi) is 5.13. The number of aliphatic hydroxyl groups is 3. The van der Waals surface area contributed by atoms with E-state index in [-0.39, 0.29) is 0 Å². The summed E-state index contributed by atoms with van der Waals surface area (Å²) in [5.41, 5.74) is -1.73. The van der Waals surface area contributed by atoms with E-state index >= 15 is 0 Å². The predicted molar refractivity (Wildman–Crippen MR) is 51.1 cm³/mol.